The highest BCUT2D eigenvalue weighted by atomic mass is 35.5. The number of benzene rings is 1. The van der Waals surface area contributed by atoms with Gasteiger partial charge in [-0.15, -0.1) is 0 Å². The Hall–Kier alpha value is -2.93. The molecule has 0 saturated heterocycles. The molecule has 33 heavy (non-hydrogen) atoms. The Bertz CT molecular complexity index is 1210. The Kier molecular flexibility index (Phi) is 5.60. The van der Waals surface area contributed by atoms with Crippen molar-refractivity contribution >= 4 is 40.2 Å². The van der Waals surface area contributed by atoms with Crippen LogP contribution in [0.4, 0.5) is 5.69 Å². The summed E-state index contributed by atoms with van der Waals surface area (Å²) >= 11 is 6.41. The number of anilines is 1. The van der Waals surface area contributed by atoms with E-state index in [1.807, 2.05) is 17.6 Å². The van der Waals surface area contributed by atoms with Crippen LogP contribution in [0.3, 0.4) is 0 Å². The van der Waals surface area contributed by atoms with Gasteiger partial charge in [0.15, 0.2) is 5.58 Å². The molecule has 1 aromatic carbocycles. The number of carbonyl (C=O) groups is 2. The zero-order chi connectivity index (χ0) is 23.2. The number of nitrogens with one attached hydrogen (secondary N) is 1. The number of amides is 2. The Morgan fingerprint density at radius 2 is 1.94 bits per heavy atom. The lowest BCUT2D eigenvalue weighted by Crippen LogP contribution is -2.65. The van der Waals surface area contributed by atoms with Crippen LogP contribution in [0, 0.1) is 0 Å². The number of rotatable bonds is 4. The summed E-state index contributed by atoms with van der Waals surface area (Å²) in [5.74, 6) is 0.0773. The summed E-state index contributed by atoms with van der Waals surface area (Å²) in [6.07, 6.45) is 8.13. The Morgan fingerprint density at radius 3 is 2.64 bits per heavy atom. The van der Waals surface area contributed by atoms with Crippen molar-refractivity contribution in [2.24, 2.45) is 0 Å². The number of halogens is 1. The fourth-order valence-electron chi connectivity index (χ4n) is 5.18. The molecule has 1 fully saturated rings. The molecule has 1 unspecified atom stereocenters. The average molecular weight is 470 g/mol. The van der Waals surface area contributed by atoms with Crippen LogP contribution in [0.25, 0.3) is 11.1 Å². The Morgan fingerprint density at radius 1 is 1.18 bits per heavy atom. The third-order valence-electron chi connectivity index (χ3n) is 6.98. The predicted octanol–water partition coefficient (Wildman–Crippen LogP) is 5.15. The summed E-state index contributed by atoms with van der Waals surface area (Å²) < 4.78 is 12.7. The molecule has 3 aromatic rings. The van der Waals surface area contributed by atoms with Gasteiger partial charge in [-0.3, -0.25) is 14.5 Å². The van der Waals surface area contributed by atoms with E-state index in [4.69, 9.17) is 20.8 Å². The molecule has 2 aliphatic rings. The lowest BCUT2D eigenvalue weighted by Gasteiger charge is -2.44. The summed E-state index contributed by atoms with van der Waals surface area (Å²) in [5, 5.41) is 3.64. The van der Waals surface area contributed by atoms with E-state index < -0.39 is 5.54 Å². The fraction of sp³-hybridized carbons (Fsp3) is 0.440. The first kappa shape index (κ1) is 21.9. The van der Waals surface area contributed by atoms with Crippen LogP contribution in [0.5, 0.6) is 5.75 Å². The Labute approximate surface area is 197 Å². The van der Waals surface area contributed by atoms with Crippen LogP contribution in [0.1, 0.15) is 55.9 Å². The SMILES string of the molecule is COc1ccc(N2C(=O)c3cc4occc4n3CC2(C)C(=O)NC2CCCCCC2)cc1Cl. The van der Waals surface area contributed by atoms with Gasteiger partial charge in [0.2, 0.25) is 5.91 Å². The average Bonchev–Trinajstić information content (AvgIpc) is 3.28. The first-order valence-electron chi connectivity index (χ1n) is 11.5. The minimum absolute atomic E-state index is 0.119. The van der Waals surface area contributed by atoms with Crippen molar-refractivity contribution in [3.8, 4) is 5.75 Å². The number of ether oxygens (including phenoxy) is 1. The summed E-state index contributed by atoms with van der Waals surface area (Å²) in [4.78, 5) is 29.2. The largest absolute Gasteiger partial charge is 0.495 e. The summed E-state index contributed by atoms with van der Waals surface area (Å²) in [6.45, 7) is 2.13. The molecule has 2 aromatic heterocycles. The predicted molar refractivity (Wildman–Crippen MR) is 127 cm³/mol. The van der Waals surface area contributed by atoms with Gasteiger partial charge < -0.3 is 19.0 Å². The first-order valence-corrected chi connectivity index (χ1v) is 11.9. The van der Waals surface area contributed by atoms with Crippen molar-refractivity contribution < 1.29 is 18.7 Å². The van der Waals surface area contributed by atoms with E-state index >= 15 is 0 Å². The van der Waals surface area contributed by atoms with Gasteiger partial charge in [-0.25, -0.2) is 0 Å². The van der Waals surface area contributed by atoms with Crippen LogP contribution >= 0.6 is 11.6 Å². The maximum Gasteiger partial charge on any atom is 0.276 e. The molecular weight excluding hydrogens is 442 g/mol. The number of aromatic nitrogens is 1. The molecule has 1 aliphatic carbocycles. The molecular formula is C25H28ClN3O4. The first-order chi connectivity index (χ1) is 15.9. The van der Waals surface area contributed by atoms with Crippen molar-refractivity contribution in [3.05, 3.63) is 47.3 Å². The van der Waals surface area contributed by atoms with E-state index in [0.29, 0.717) is 34.3 Å². The van der Waals surface area contributed by atoms with Gasteiger partial charge in [0.1, 0.15) is 17.0 Å². The molecule has 5 rings (SSSR count). The molecule has 0 spiro atoms. The number of hydrogen-bond donors (Lipinski definition) is 1. The molecule has 0 radical (unpaired) electrons. The molecule has 8 heteroatoms. The Balaban J connectivity index is 1.58. The highest BCUT2D eigenvalue weighted by molar-refractivity contribution is 6.32. The molecule has 0 bridgehead atoms. The van der Waals surface area contributed by atoms with Crippen LogP contribution in [0.2, 0.25) is 5.02 Å². The summed E-state index contributed by atoms with van der Waals surface area (Å²) in [5.41, 5.74) is 1.31. The summed E-state index contributed by atoms with van der Waals surface area (Å²) in [7, 11) is 1.54. The highest BCUT2D eigenvalue weighted by Gasteiger charge is 2.49. The van der Waals surface area contributed by atoms with Gasteiger partial charge in [-0.05, 0) is 38.0 Å². The van der Waals surface area contributed by atoms with Gasteiger partial charge in [0, 0.05) is 23.9 Å². The molecule has 7 nitrogen and oxygen atoms in total. The molecule has 174 valence electrons. The van der Waals surface area contributed by atoms with E-state index in [-0.39, 0.29) is 17.9 Å². The van der Waals surface area contributed by atoms with Crippen molar-refractivity contribution in [1.82, 2.24) is 9.88 Å². The lowest BCUT2D eigenvalue weighted by atomic mass is 9.92. The van der Waals surface area contributed by atoms with Gasteiger partial charge >= 0.3 is 0 Å². The van der Waals surface area contributed by atoms with Crippen LogP contribution in [-0.2, 0) is 11.3 Å². The third-order valence-corrected chi connectivity index (χ3v) is 7.27. The molecule has 1 aliphatic heterocycles. The second-order valence-corrected chi connectivity index (χ2v) is 9.59. The van der Waals surface area contributed by atoms with Gasteiger partial charge in [0.05, 0.1) is 30.5 Å². The molecule has 1 saturated carbocycles. The van der Waals surface area contributed by atoms with E-state index in [1.165, 1.54) is 12.8 Å². The van der Waals surface area contributed by atoms with Gasteiger partial charge in [-0.2, -0.15) is 0 Å². The van der Waals surface area contributed by atoms with Gasteiger partial charge in [-0.1, -0.05) is 37.3 Å². The van der Waals surface area contributed by atoms with Crippen molar-refractivity contribution in [2.75, 3.05) is 12.0 Å². The fourth-order valence-corrected chi connectivity index (χ4v) is 5.43. The van der Waals surface area contributed by atoms with Crippen LogP contribution in [-0.4, -0.2) is 35.1 Å². The molecule has 3 heterocycles. The lowest BCUT2D eigenvalue weighted by molar-refractivity contribution is -0.127. The molecule has 2 amide bonds. The number of furan rings is 1. The molecule has 1 N–H and O–H groups in total. The van der Waals surface area contributed by atoms with E-state index in [2.05, 4.69) is 5.32 Å². The second kappa shape index (κ2) is 8.45. The highest BCUT2D eigenvalue weighted by Crippen LogP contribution is 2.39. The molecule has 1 atom stereocenters. The minimum Gasteiger partial charge on any atom is -0.495 e. The van der Waals surface area contributed by atoms with Crippen molar-refractivity contribution in [1.29, 1.82) is 0 Å². The standard InChI is InChI=1S/C25H28ClN3O4/c1-25(24(31)27-16-7-5-3-4-6-8-16)15-28-19-11-12-33-22(19)14-20(28)23(30)29(25)17-9-10-21(32-2)18(26)13-17/h9-14,16H,3-8,15H2,1-2H3,(H,27,31). The number of carbonyl (C=O) groups excluding carboxylic acids is 2. The maximum atomic E-state index is 13.8. The second-order valence-electron chi connectivity index (χ2n) is 9.18. The third kappa shape index (κ3) is 3.68. The monoisotopic (exact) mass is 469 g/mol. The number of hydrogen-bond acceptors (Lipinski definition) is 4. The summed E-state index contributed by atoms with van der Waals surface area (Å²) in [6, 6.07) is 8.84. The van der Waals surface area contributed by atoms with Crippen LogP contribution < -0.4 is 15.0 Å². The van der Waals surface area contributed by atoms with E-state index in [1.54, 1.807) is 42.5 Å². The quantitative estimate of drug-likeness (QED) is 0.536. The van der Waals surface area contributed by atoms with E-state index in [9.17, 15) is 9.59 Å². The maximum absolute atomic E-state index is 13.8. The normalized spacial score (nSPS) is 21.7. The van der Waals surface area contributed by atoms with Crippen molar-refractivity contribution in [2.45, 2.75) is 63.6 Å². The van der Waals surface area contributed by atoms with Crippen LogP contribution in [0.15, 0.2) is 41.0 Å². The number of fused-ring (bicyclic) bond motifs is 3. The van der Waals surface area contributed by atoms with E-state index in [0.717, 1.165) is 31.2 Å². The van der Waals surface area contributed by atoms with Crippen molar-refractivity contribution in [3.63, 3.8) is 0 Å². The van der Waals surface area contributed by atoms with Gasteiger partial charge in [0.25, 0.3) is 5.91 Å². The zero-order valence-electron chi connectivity index (χ0n) is 18.9. The minimum atomic E-state index is -1.16. The number of methoxy groups -OCH3 is 1. The smallest absolute Gasteiger partial charge is 0.276 e. The zero-order valence-corrected chi connectivity index (χ0v) is 19.7. The number of nitrogens with zero attached hydrogens (tertiary/aromatic N) is 2. The topological polar surface area (TPSA) is 76.7 Å².